The maximum Gasteiger partial charge on any atom is 0.251 e. The minimum absolute atomic E-state index is 0.0229. The molecule has 0 aliphatic heterocycles. The second-order valence-corrected chi connectivity index (χ2v) is 6.51. The highest BCUT2D eigenvalue weighted by molar-refractivity contribution is 9.10. The van der Waals surface area contributed by atoms with Crippen LogP contribution in [0.15, 0.2) is 28.7 Å². The van der Waals surface area contributed by atoms with Crippen molar-refractivity contribution in [3.8, 4) is 0 Å². The zero-order valence-electron chi connectivity index (χ0n) is 10.2. The van der Waals surface area contributed by atoms with Crippen LogP contribution in [0.2, 0.25) is 0 Å². The topological polar surface area (TPSA) is 29.1 Å². The molecule has 1 amide bonds. The Balaban J connectivity index is 1.93. The third kappa shape index (κ3) is 3.35. The molecule has 1 N–H and O–H groups in total. The van der Waals surface area contributed by atoms with Crippen LogP contribution >= 0.6 is 31.9 Å². The monoisotopic (exact) mass is 373 g/mol. The Labute approximate surface area is 125 Å². The molecule has 2 nitrogen and oxygen atoms in total. The molecule has 1 fully saturated rings. The van der Waals surface area contributed by atoms with Gasteiger partial charge >= 0.3 is 0 Å². The fourth-order valence-electron chi connectivity index (χ4n) is 2.45. The molecular formula is C14H17Br2NO. The Bertz CT molecular complexity index is 410. The largest absolute Gasteiger partial charge is 0.351 e. The molecule has 4 heteroatoms. The van der Waals surface area contributed by atoms with Crippen molar-refractivity contribution in [2.24, 2.45) is 5.41 Å². The van der Waals surface area contributed by atoms with Crippen LogP contribution in [0, 0.1) is 5.41 Å². The molecule has 0 spiro atoms. The highest BCUT2D eigenvalue weighted by atomic mass is 79.9. The van der Waals surface area contributed by atoms with Crippen LogP contribution in [0.1, 0.15) is 36.0 Å². The van der Waals surface area contributed by atoms with Crippen LogP contribution in [-0.2, 0) is 0 Å². The molecule has 1 saturated carbocycles. The molecule has 1 aliphatic rings. The molecule has 1 aromatic rings. The summed E-state index contributed by atoms with van der Waals surface area (Å²) in [5, 5.41) is 4.04. The van der Waals surface area contributed by atoms with E-state index in [-0.39, 0.29) is 11.3 Å². The number of amides is 1. The van der Waals surface area contributed by atoms with Gasteiger partial charge in [0.1, 0.15) is 0 Å². The predicted molar refractivity (Wildman–Crippen MR) is 81.2 cm³/mol. The van der Waals surface area contributed by atoms with Crippen molar-refractivity contribution < 1.29 is 4.79 Å². The van der Waals surface area contributed by atoms with Crippen LogP contribution in [0.4, 0.5) is 0 Å². The van der Waals surface area contributed by atoms with Gasteiger partial charge in [0.05, 0.1) is 0 Å². The van der Waals surface area contributed by atoms with E-state index in [9.17, 15) is 4.79 Å². The molecule has 0 unspecified atom stereocenters. The minimum Gasteiger partial charge on any atom is -0.351 e. The summed E-state index contributed by atoms with van der Waals surface area (Å²) >= 11 is 6.96. The summed E-state index contributed by atoms with van der Waals surface area (Å²) in [6.45, 7) is 0.771. The maximum absolute atomic E-state index is 12.0. The van der Waals surface area contributed by atoms with Crippen LogP contribution in [-0.4, -0.2) is 17.8 Å². The smallest absolute Gasteiger partial charge is 0.251 e. The Morgan fingerprint density at radius 1 is 1.22 bits per heavy atom. The van der Waals surface area contributed by atoms with E-state index in [1.165, 1.54) is 25.7 Å². The quantitative estimate of drug-likeness (QED) is 0.788. The molecule has 0 atom stereocenters. The number of carbonyl (C=O) groups is 1. The Hall–Kier alpha value is -0.350. The Morgan fingerprint density at radius 3 is 2.39 bits per heavy atom. The van der Waals surface area contributed by atoms with Crippen molar-refractivity contribution in [3.05, 3.63) is 34.3 Å². The molecule has 98 valence electrons. The first-order valence-corrected chi connectivity index (χ1v) is 8.16. The number of hydrogen-bond acceptors (Lipinski definition) is 1. The Morgan fingerprint density at radius 2 is 1.83 bits per heavy atom. The van der Waals surface area contributed by atoms with Crippen LogP contribution < -0.4 is 5.32 Å². The fourth-order valence-corrected chi connectivity index (χ4v) is 3.48. The lowest BCUT2D eigenvalue weighted by atomic mass is 9.89. The predicted octanol–water partition coefficient (Wildman–Crippen LogP) is 4.13. The molecule has 0 aromatic heterocycles. The summed E-state index contributed by atoms with van der Waals surface area (Å²) in [4.78, 5) is 12.0. The number of benzene rings is 1. The third-order valence-corrected chi connectivity index (χ3v) is 5.40. The molecular weight excluding hydrogens is 358 g/mol. The van der Waals surface area contributed by atoms with Gasteiger partial charge in [0, 0.05) is 21.9 Å². The van der Waals surface area contributed by atoms with E-state index < -0.39 is 0 Å². The summed E-state index contributed by atoms with van der Waals surface area (Å²) < 4.78 is 0.992. The van der Waals surface area contributed by atoms with Gasteiger partial charge in [0.2, 0.25) is 0 Å². The van der Waals surface area contributed by atoms with E-state index >= 15 is 0 Å². The second-order valence-electron chi connectivity index (χ2n) is 5.03. The molecule has 0 heterocycles. The zero-order chi connectivity index (χ0) is 13.0. The van der Waals surface area contributed by atoms with Crippen molar-refractivity contribution in [3.63, 3.8) is 0 Å². The molecule has 0 radical (unpaired) electrons. The van der Waals surface area contributed by atoms with Crippen molar-refractivity contribution in [1.82, 2.24) is 5.32 Å². The van der Waals surface area contributed by atoms with E-state index in [4.69, 9.17) is 0 Å². The molecule has 1 aliphatic carbocycles. The summed E-state index contributed by atoms with van der Waals surface area (Å²) in [7, 11) is 0. The maximum atomic E-state index is 12.0. The lowest BCUT2D eigenvalue weighted by Gasteiger charge is -2.26. The average Bonchev–Trinajstić information content (AvgIpc) is 2.86. The van der Waals surface area contributed by atoms with E-state index in [0.717, 1.165) is 21.9 Å². The fraction of sp³-hybridized carbons (Fsp3) is 0.500. The van der Waals surface area contributed by atoms with E-state index in [0.29, 0.717) is 0 Å². The first kappa shape index (κ1) is 14.1. The number of halogens is 2. The van der Waals surface area contributed by atoms with Crippen LogP contribution in [0.5, 0.6) is 0 Å². The van der Waals surface area contributed by atoms with Gasteiger partial charge in [-0.1, -0.05) is 44.7 Å². The second kappa shape index (κ2) is 6.20. The van der Waals surface area contributed by atoms with Gasteiger partial charge in [-0.25, -0.2) is 0 Å². The van der Waals surface area contributed by atoms with Gasteiger partial charge in [-0.15, -0.1) is 0 Å². The normalized spacial score (nSPS) is 17.7. The van der Waals surface area contributed by atoms with Gasteiger partial charge in [0.15, 0.2) is 0 Å². The van der Waals surface area contributed by atoms with Gasteiger partial charge in [0.25, 0.3) is 5.91 Å². The number of alkyl halides is 1. The molecule has 0 bridgehead atoms. The molecule has 18 heavy (non-hydrogen) atoms. The lowest BCUT2D eigenvalue weighted by molar-refractivity contribution is 0.0935. The molecule has 2 rings (SSSR count). The van der Waals surface area contributed by atoms with E-state index in [1.54, 1.807) is 0 Å². The first-order valence-electron chi connectivity index (χ1n) is 6.25. The van der Waals surface area contributed by atoms with Crippen molar-refractivity contribution in [1.29, 1.82) is 0 Å². The highest BCUT2D eigenvalue weighted by Crippen LogP contribution is 2.38. The standard InChI is InChI=1S/C14H17Br2NO/c15-9-14(7-1-2-8-14)10-17-13(18)11-3-5-12(16)6-4-11/h3-6H,1-2,7-10H2,(H,17,18). The lowest BCUT2D eigenvalue weighted by Crippen LogP contribution is -2.37. The SMILES string of the molecule is O=C(NCC1(CBr)CCCC1)c1ccc(Br)cc1. The van der Waals surface area contributed by atoms with Crippen LogP contribution in [0.3, 0.4) is 0 Å². The molecule has 0 saturated heterocycles. The minimum atomic E-state index is 0.0229. The number of nitrogens with one attached hydrogen (secondary N) is 1. The number of rotatable bonds is 4. The van der Waals surface area contributed by atoms with Crippen molar-refractivity contribution >= 4 is 37.8 Å². The third-order valence-electron chi connectivity index (χ3n) is 3.68. The van der Waals surface area contributed by atoms with Crippen LogP contribution in [0.25, 0.3) is 0 Å². The molecule has 1 aromatic carbocycles. The first-order chi connectivity index (χ1) is 8.65. The van der Waals surface area contributed by atoms with Gasteiger partial charge < -0.3 is 5.32 Å². The van der Waals surface area contributed by atoms with Gasteiger partial charge in [-0.2, -0.15) is 0 Å². The summed E-state index contributed by atoms with van der Waals surface area (Å²) in [6, 6.07) is 7.47. The van der Waals surface area contributed by atoms with E-state index in [2.05, 4.69) is 37.2 Å². The highest BCUT2D eigenvalue weighted by Gasteiger charge is 2.32. The summed E-state index contributed by atoms with van der Waals surface area (Å²) in [5.41, 5.74) is 0.992. The number of hydrogen-bond donors (Lipinski definition) is 1. The summed E-state index contributed by atoms with van der Waals surface area (Å²) in [6.07, 6.45) is 4.97. The zero-order valence-corrected chi connectivity index (χ0v) is 13.4. The Kier molecular flexibility index (Phi) is 4.84. The van der Waals surface area contributed by atoms with Crippen molar-refractivity contribution in [2.75, 3.05) is 11.9 Å². The average molecular weight is 375 g/mol. The number of carbonyl (C=O) groups excluding carboxylic acids is 1. The van der Waals surface area contributed by atoms with Gasteiger partial charge in [-0.05, 0) is 42.5 Å². The van der Waals surface area contributed by atoms with Gasteiger partial charge in [-0.3, -0.25) is 4.79 Å². The summed E-state index contributed by atoms with van der Waals surface area (Å²) in [5.74, 6) is 0.0229. The van der Waals surface area contributed by atoms with Crippen molar-refractivity contribution in [2.45, 2.75) is 25.7 Å². The van der Waals surface area contributed by atoms with E-state index in [1.807, 2.05) is 24.3 Å².